The van der Waals surface area contributed by atoms with Crippen LogP contribution in [0.4, 0.5) is 24.7 Å². The second-order valence-corrected chi connectivity index (χ2v) is 5.89. The highest BCUT2D eigenvalue weighted by atomic mass is 19.4. The summed E-state index contributed by atoms with van der Waals surface area (Å²) < 4.78 is 37.8. The third-order valence-electron chi connectivity index (χ3n) is 3.93. The van der Waals surface area contributed by atoms with Gasteiger partial charge in [0.25, 0.3) is 5.91 Å². The molecule has 1 aliphatic heterocycles. The summed E-state index contributed by atoms with van der Waals surface area (Å²) in [7, 11) is 0. The maximum absolute atomic E-state index is 12.6. The molecular weight excluding hydrogens is 333 g/mol. The Balaban J connectivity index is 1.79. The van der Waals surface area contributed by atoms with Crippen LogP contribution in [-0.4, -0.2) is 33.9 Å². The van der Waals surface area contributed by atoms with Crippen LogP contribution in [-0.2, 0) is 6.18 Å². The molecule has 0 radical (unpaired) electrons. The molecule has 25 heavy (non-hydrogen) atoms. The van der Waals surface area contributed by atoms with Gasteiger partial charge in [0.2, 0.25) is 0 Å². The number of hydrogen-bond donors (Lipinski definition) is 1. The molecule has 2 aromatic rings. The number of anilines is 2. The maximum atomic E-state index is 12.6. The van der Waals surface area contributed by atoms with Crippen LogP contribution in [0.2, 0.25) is 0 Å². The summed E-state index contributed by atoms with van der Waals surface area (Å²) >= 11 is 0. The van der Waals surface area contributed by atoms with E-state index in [1.54, 1.807) is 11.8 Å². The molecule has 0 saturated carbocycles. The predicted molar refractivity (Wildman–Crippen MR) is 86.6 cm³/mol. The van der Waals surface area contributed by atoms with Crippen molar-refractivity contribution in [1.82, 2.24) is 14.9 Å². The first-order chi connectivity index (χ1) is 11.8. The first kappa shape index (κ1) is 17.2. The Morgan fingerprint density at radius 2 is 1.76 bits per heavy atom. The predicted octanol–water partition coefficient (Wildman–Crippen LogP) is 3.78. The molecule has 1 aromatic carbocycles. The number of carbonyl (C=O) groups is 1. The molecule has 132 valence electrons. The van der Waals surface area contributed by atoms with E-state index in [0.717, 1.165) is 25.0 Å². The zero-order chi connectivity index (χ0) is 18.0. The lowest BCUT2D eigenvalue weighted by atomic mass is 10.2. The molecule has 0 atom stereocenters. The van der Waals surface area contributed by atoms with Gasteiger partial charge in [-0.2, -0.15) is 13.2 Å². The lowest BCUT2D eigenvalue weighted by molar-refractivity contribution is -0.137. The standard InChI is InChI=1S/C17H17F3N4O/c1-11-21-14(16(25)24-8-2-3-9-24)10-15(22-11)23-13-6-4-12(5-7-13)17(18,19)20/h4-7,10H,2-3,8-9H2,1H3,(H,21,22,23). The Bertz CT molecular complexity index is 768. The number of aromatic nitrogens is 2. The van der Waals surface area contributed by atoms with E-state index in [1.807, 2.05) is 0 Å². The molecule has 1 N–H and O–H groups in total. The number of halogens is 3. The lowest BCUT2D eigenvalue weighted by Gasteiger charge is -2.15. The molecule has 1 amide bonds. The van der Waals surface area contributed by atoms with Gasteiger partial charge in [-0.3, -0.25) is 4.79 Å². The van der Waals surface area contributed by atoms with Crippen LogP contribution in [0.5, 0.6) is 0 Å². The van der Waals surface area contributed by atoms with E-state index >= 15 is 0 Å². The minimum absolute atomic E-state index is 0.154. The van der Waals surface area contributed by atoms with Crippen molar-refractivity contribution in [3.05, 3.63) is 47.4 Å². The van der Waals surface area contributed by atoms with Crippen molar-refractivity contribution in [2.45, 2.75) is 25.9 Å². The van der Waals surface area contributed by atoms with Gasteiger partial charge < -0.3 is 10.2 Å². The van der Waals surface area contributed by atoms with Crippen molar-refractivity contribution in [3.8, 4) is 0 Å². The summed E-state index contributed by atoms with van der Waals surface area (Å²) in [5, 5.41) is 2.92. The smallest absolute Gasteiger partial charge is 0.340 e. The summed E-state index contributed by atoms with van der Waals surface area (Å²) in [6.07, 6.45) is -2.42. The van der Waals surface area contributed by atoms with Gasteiger partial charge >= 0.3 is 6.18 Å². The minimum atomic E-state index is -4.38. The number of nitrogens with zero attached hydrogens (tertiary/aromatic N) is 3. The van der Waals surface area contributed by atoms with E-state index in [9.17, 15) is 18.0 Å². The van der Waals surface area contributed by atoms with E-state index in [2.05, 4.69) is 15.3 Å². The summed E-state index contributed by atoms with van der Waals surface area (Å²) in [4.78, 5) is 22.6. The van der Waals surface area contributed by atoms with Crippen molar-refractivity contribution in [2.24, 2.45) is 0 Å². The first-order valence-electron chi connectivity index (χ1n) is 7.92. The van der Waals surface area contributed by atoms with E-state index in [1.165, 1.54) is 18.2 Å². The SMILES string of the molecule is Cc1nc(Nc2ccc(C(F)(F)F)cc2)cc(C(=O)N2CCCC2)n1. The molecule has 1 aliphatic rings. The van der Waals surface area contributed by atoms with Crippen molar-refractivity contribution < 1.29 is 18.0 Å². The van der Waals surface area contributed by atoms with Crippen LogP contribution >= 0.6 is 0 Å². The lowest BCUT2D eigenvalue weighted by Crippen LogP contribution is -2.28. The molecule has 1 aromatic heterocycles. The molecular formula is C17H17F3N4O. The maximum Gasteiger partial charge on any atom is 0.416 e. The van der Waals surface area contributed by atoms with Crippen LogP contribution in [0.15, 0.2) is 30.3 Å². The normalized spacial score (nSPS) is 14.6. The molecule has 3 rings (SSSR count). The topological polar surface area (TPSA) is 58.1 Å². The number of amides is 1. The third kappa shape index (κ3) is 4.07. The number of hydrogen-bond acceptors (Lipinski definition) is 4. The Labute approximate surface area is 142 Å². The summed E-state index contributed by atoms with van der Waals surface area (Å²) in [6, 6.07) is 6.15. The van der Waals surface area contributed by atoms with Crippen molar-refractivity contribution in [2.75, 3.05) is 18.4 Å². The number of carbonyl (C=O) groups excluding carboxylic acids is 1. The van der Waals surface area contributed by atoms with Gasteiger partial charge in [0.15, 0.2) is 0 Å². The van der Waals surface area contributed by atoms with Crippen LogP contribution < -0.4 is 5.32 Å². The van der Waals surface area contributed by atoms with Gasteiger partial charge in [0, 0.05) is 24.8 Å². The largest absolute Gasteiger partial charge is 0.416 e. The highest BCUT2D eigenvalue weighted by Gasteiger charge is 2.30. The number of benzene rings is 1. The Morgan fingerprint density at radius 3 is 2.36 bits per heavy atom. The van der Waals surface area contributed by atoms with Crippen LogP contribution in [0, 0.1) is 6.92 Å². The van der Waals surface area contributed by atoms with E-state index in [0.29, 0.717) is 30.4 Å². The van der Waals surface area contributed by atoms with Gasteiger partial charge in [-0.15, -0.1) is 0 Å². The summed E-state index contributed by atoms with van der Waals surface area (Å²) in [5.74, 6) is 0.632. The van der Waals surface area contributed by atoms with Gasteiger partial charge in [-0.05, 0) is 44.0 Å². The molecule has 8 heteroatoms. The van der Waals surface area contributed by atoms with Crippen LogP contribution in [0.3, 0.4) is 0 Å². The monoisotopic (exact) mass is 350 g/mol. The first-order valence-corrected chi connectivity index (χ1v) is 7.92. The fourth-order valence-corrected chi connectivity index (χ4v) is 2.71. The fraction of sp³-hybridized carbons (Fsp3) is 0.353. The molecule has 2 heterocycles. The number of rotatable bonds is 3. The molecule has 0 spiro atoms. The molecule has 0 bridgehead atoms. The number of aryl methyl sites for hydroxylation is 1. The number of likely N-dealkylation sites (tertiary alicyclic amines) is 1. The summed E-state index contributed by atoms with van der Waals surface area (Å²) in [6.45, 7) is 3.09. The number of nitrogens with one attached hydrogen (secondary N) is 1. The Hall–Kier alpha value is -2.64. The quantitative estimate of drug-likeness (QED) is 0.915. The highest BCUT2D eigenvalue weighted by Crippen LogP contribution is 2.30. The molecule has 5 nitrogen and oxygen atoms in total. The highest BCUT2D eigenvalue weighted by molar-refractivity contribution is 5.93. The zero-order valence-electron chi connectivity index (χ0n) is 13.6. The Kier molecular flexibility index (Phi) is 4.61. The van der Waals surface area contributed by atoms with Gasteiger partial charge in [0.1, 0.15) is 17.3 Å². The average Bonchev–Trinajstić information content (AvgIpc) is 3.07. The summed E-state index contributed by atoms with van der Waals surface area (Å²) in [5.41, 5.74) is 0.0105. The van der Waals surface area contributed by atoms with Crippen molar-refractivity contribution in [3.63, 3.8) is 0 Å². The minimum Gasteiger partial charge on any atom is -0.340 e. The molecule has 1 fully saturated rings. The second kappa shape index (κ2) is 6.70. The van der Waals surface area contributed by atoms with Gasteiger partial charge in [0.05, 0.1) is 5.56 Å². The fourth-order valence-electron chi connectivity index (χ4n) is 2.71. The van der Waals surface area contributed by atoms with Crippen LogP contribution in [0.25, 0.3) is 0 Å². The molecule has 0 aliphatic carbocycles. The Morgan fingerprint density at radius 1 is 1.12 bits per heavy atom. The van der Waals surface area contributed by atoms with Gasteiger partial charge in [-0.1, -0.05) is 0 Å². The molecule has 0 unspecified atom stereocenters. The van der Waals surface area contributed by atoms with Crippen molar-refractivity contribution in [1.29, 1.82) is 0 Å². The van der Waals surface area contributed by atoms with Gasteiger partial charge in [-0.25, -0.2) is 9.97 Å². The second-order valence-electron chi connectivity index (χ2n) is 5.89. The van der Waals surface area contributed by atoms with Crippen molar-refractivity contribution >= 4 is 17.4 Å². The van der Waals surface area contributed by atoms with E-state index in [4.69, 9.17) is 0 Å². The van der Waals surface area contributed by atoms with Crippen LogP contribution in [0.1, 0.15) is 34.7 Å². The van der Waals surface area contributed by atoms with E-state index < -0.39 is 11.7 Å². The third-order valence-corrected chi connectivity index (χ3v) is 3.93. The number of alkyl halides is 3. The molecule has 1 saturated heterocycles. The van der Waals surface area contributed by atoms with E-state index in [-0.39, 0.29) is 11.6 Å². The average molecular weight is 350 g/mol. The zero-order valence-corrected chi connectivity index (χ0v) is 13.6.